The van der Waals surface area contributed by atoms with Gasteiger partial charge in [-0.1, -0.05) is 388 Å². The normalized spacial score (nSPS) is 18.0. The molecule has 542 valence electrons. The summed E-state index contributed by atoms with van der Waals surface area (Å²) in [6.07, 6.45) is 97.4. The molecule has 0 bridgehead atoms. The van der Waals surface area contributed by atoms with Crippen LogP contribution in [0, 0.1) is 0 Å². The first-order valence-corrected chi connectivity index (χ1v) is 40.3. The number of carbonyl (C=O) groups is 1. The summed E-state index contributed by atoms with van der Waals surface area (Å²) in [6.45, 7) is 3.70. The van der Waals surface area contributed by atoms with Crippen molar-refractivity contribution in [3.8, 4) is 0 Å². The molecule has 0 aromatic heterocycles. The summed E-state index contributed by atoms with van der Waals surface area (Å²) in [5.74, 6) is -0.181. The van der Waals surface area contributed by atoms with Crippen molar-refractivity contribution in [2.45, 2.75) is 429 Å². The number of aliphatic hydroxyl groups excluding tert-OH is 5. The highest BCUT2D eigenvalue weighted by molar-refractivity contribution is 5.76. The summed E-state index contributed by atoms with van der Waals surface area (Å²) in [5.41, 5.74) is 0. The van der Waals surface area contributed by atoms with E-state index < -0.39 is 49.5 Å². The Morgan fingerprint density at radius 2 is 0.677 bits per heavy atom. The molecule has 9 heteroatoms. The number of amides is 1. The van der Waals surface area contributed by atoms with Gasteiger partial charge in [-0.2, -0.15) is 0 Å². The molecule has 0 spiro atoms. The summed E-state index contributed by atoms with van der Waals surface area (Å²) in [5, 5.41) is 54.9. The summed E-state index contributed by atoms with van der Waals surface area (Å²) < 4.78 is 11.3. The van der Waals surface area contributed by atoms with Crippen LogP contribution in [-0.2, 0) is 14.3 Å². The van der Waals surface area contributed by atoms with Gasteiger partial charge in [0.15, 0.2) is 6.29 Å². The number of carbonyl (C=O) groups excluding carboxylic acids is 1. The maximum Gasteiger partial charge on any atom is 0.220 e. The molecule has 1 aliphatic heterocycles. The van der Waals surface area contributed by atoms with E-state index >= 15 is 0 Å². The summed E-state index contributed by atoms with van der Waals surface area (Å²) >= 11 is 0. The molecule has 0 saturated carbocycles. The van der Waals surface area contributed by atoms with E-state index in [1.54, 1.807) is 6.08 Å². The van der Waals surface area contributed by atoms with Gasteiger partial charge in [-0.15, -0.1) is 0 Å². The van der Waals surface area contributed by atoms with Crippen LogP contribution in [0.2, 0.25) is 0 Å². The van der Waals surface area contributed by atoms with Gasteiger partial charge in [-0.25, -0.2) is 0 Å². The second-order valence-electron chi connectivity index (χ2n) is 27.8. The van der Waals surface area contributed by atoms with E-state index in [4.69, 9.17) is 9.47 Å². The molecular weight excluding hydrogens is 1150 g/mol. The van der Waals surface area contributed by atoms with E-state index in [1.807, 2.05) is 6.08 Å². The van der Waals surface area contributed by atoms with Crippen LogP contribution in [-0.4, -0.2) is 87.5 Å². The Kier molecular flexibility index (Phi) is 68.5. The summed E-state index contributed by atoms with van der Waals surface area (Å²) in [7, 11) is 0. The lowest BCUT2D eigenvalue weighted by Gasteiger charge is -2.40. The monoisotopic (exact) mass is 1300 g/mol. The topological polar surface area (TPSA) is 149 Å². The van der Waals surface area contributed by atoms with Crippen LogP contribution in [0.4, 0.5) is 0 Å². The van der Waals surface area contributed by atoms with Crippen molar-refractivity contribution in [2.75, 3.05) is 13.2 Å². The maximum absolute atomic E-state index is 13.2. The number of nitrogens with one attached hydrogen (secondary N) is 1. The molecule has 0 aromatic rings. The Labute approximate surface area is 575 Å². The molecular formula is C84H153NO8. The maximum atomic E-state index is 13.2. The van der Waals surface area contributed by atoms with Crippen LogP contribution in [0.3, 0.4) is 0 Å². The van der Waals surface area contributed by atoms with Crippen molar-refractivity contribution >= 4 is 5.91 Å². The van der Waals surface area contributed by atoms with Crippen molar-refractivity contribution in [3.63, 3.8) is 0 Å². The third kappa shape index (κ3) is 60.3. The predicted molar refractivity (Wildman–Crippen MR) is 401 cm³/mol. The molecule has 1 rings (SSSR count). The van der Waals surface area contributed by atoms with Gasteiger partial charge in [0.2, 0.25) is 5.91 Å². The van der Waals surface area contributed by atoms with Crippen molar-refractivity contribution in [2.24, 2.45) is 0 Å². The first-order chi connectivity index (χ1) is 45.8. The molecule has 0 radical (unpaired) electrons. The molecule has 7 atom stereocenters. The Hall–Kier alpha value is -2.63. The van der Waals surface area contributed by atoms with Gasteiger partial charge in [0.05, 0.1) is 25.4 Å². The number of rotatable bonds is 71. The zero-order chi connectivity index (χ0) is 67.1. The highest BCUT2D eigenvalue weighted by Crippen LogP contribution is 2.24. The predicted octanol–water partition coefficient (Wildman–Crippen LogP) is 23.2. The lowest BCUT2D eigenvalue weighted by atomic mass is 9.99. The molecule has 1 fully saturated rings. The zero-order valence-electron chi connectivity index (χ0n) is 61.0. The number of aliphatic hydroxyl groups is 5. The standard InChI is InChI=1S/C84H153NO8/c1-3-5-7-9-11-13-15-17-19-21-23-25-27-29-31-33-35-37-38-39-40-42-44-46-48-50-52-54-56-58-60-62-64-66-68-70-72-74-80(88)85-77(76-92-84-83(91)82(90)81(89)79(75-86)93-84)78(87)73-71-69-67-65-63-61-59-57-55-53-51-49-47-45-43-41-36-34-32-30-28-26-24-22-20-18-16-14-12-10-8-6-4-2/h5,7,11,13,17,19,23,25,29,31,63,65,71,73,77-79,81-84,86-87,89-91H,3-4,6,8-10,12,14-16,18,20-22,24,26-28,30,32-62,64,66-70,72,74-76H2,1-2H3,(H,85,88)/b7-5-,13-11-,19-17-,25-23-,31-29-,65-63+,73-71+. The second kappa shape index (κ2) is 72.1. The average molecular weight is 1310 g/mol. The zero-order valence-corrected chi connectivity index (χ0v) is 61.0. The fourth-order valence-corrected chi connectivity index (χ4v) is 12.7. The minimum absolute atomic E-state index is 0.181. The van der Waals surface area contributed by atoms with Crippen LogP contribution in [0.5, 0.6) is 0 Å². The van der Waals surface area contributed by atoms with Gasteiger partial charge in [-0.05, 0) is 77.0 Å². The number of allylic oxidation sites excluding steroid dienone is 13. The van der Waals surface area contributed by atoms with E-state index in [1.165, 1.54) is 295 Å². The van der Waals surface area contributed by atoms with Crippen molar-refractivity contribution in [3.05, 3.63) is 85.1 Å². The minimum atomic E-state index is -1.58. The quantitative estimate of drug-likeness (QED) is 0.0261. The Morgan fingerprint density at radius 1 is 0.376 bits per heavy atom. The smallest absolute Gasteiger partial charge is 0.220 e. The highest BCUT2D eigenvalue weighted by Gasteiger charge is 2.44. The summed E-state index contributed by atoms with van der Waals surface area (Å²) in [4.78, 5) is 13.2. The van der Waals surface area contributed by atoms with E-state index in [9.17, 15) is 30.3 Å². The molecule has 1 aliphatic rings. The first kappa shape index (κ1) is 88.4. The molecule has 6 N–H and O–H groups in total. The van der Waals surface area contributed by atoms with Gasteiger partial charge in [-0.3, -0.25) is 4.79 Å². The molecule has 93 heavy (non-hydrogen) atoms. The third-order valence-electron chi connectivity index (χ3n) is 19.0. The lowest BCUT2D eigenvalue weighted by Crippen LogP contribution is -2.60. The van der Waals surface area contributed by atoms with E-state index in [-0.39, 0.29) is 12.5 Å². The van der Waals surface area contributed by atoms with Crippen LogP contribution in [0.25, 0.3) is 0 Å². The van der Waals surface area contributed by atoms with E-state index in [2.05, 4.69) is 92.1 Å². The van der Waals surface area contributed by atoms with Gasteiger partial charge >= 0.3 is 0 Å². The molecule has 1 saturated heterocycles. The molecule has 0 aliphatic carbocycles. The van der Waals surface area contributed by atoms with Gasteiger partial charge < -0.3 is 40.3 Å². The highest BCUT2D eigenvalue weighted by atomic mass is 16.7. The fraction of sp³-hybridized carbons (Fsp3) is 0.821. The van der Waals surface area contributed by atoms with E-state index in [0.29, 0.717) is 6.42 Å². The van der Waals surface area contributed by atoms with Crippen LogP contribution >= 0.6 is 0 Å². The first-order valence-electron chi connectivity index (χ1n) is 40.3. The Morgan fingerprint density at radius 3 is 1.03 bits per heavy atom. The number of hydrogen-bond donors (Lipinski definition) is 6. The Balaban J connectivity index is 2.08. The van der Waals surface area contributed by atoms with Gasteiger partial charge in [0, 0.05) is 6.42 Å². The number of unbranched alkanes of at least 4 members (excludes halogenated alkanes) is 49. The minimum Gasteiger partial charge on any atom is -0.394 e. The van der Waals surface area contributed by atoms with Crippen LogP contribution in [0.1, 0.15) is 386 Å². The van der Waals surface area contributed by atoms with E-state index in [0.717, 1.165) is 70.6 Å². The average Bonchev–Trinajstić information content (AvgIpc) is 1.01. The summed E-state index contributed by atoms with van der Waals surface area (Å²) in [6, 6.07) is -0.826. The Bertz CT molecular complexity index is 1750. The number of ether oxygens (including phenoxy) is 2. The second-order valence-corrected chi connectivity index (χ2v) is 27.8. The molecule has 9 nitrogen and oxygen atoms in total. The largest absolute Gasteiger partial charge is 0.394 e. The van der Waals surface area contributed by atoms with Crippen LogP contribution < -0.4 is 5.32 Å². The van der Waals surface area contributed by atoms with Gasteiger partial charge in [0.25, 0.3) is 0 Å². The lowest BCUT2D eigenvalue weighted by molar-refractivity contribution is -0.302. The van der Waals surface area contributed by atoms with Crippen molar-refractivity contribution < 1.29 is 39.8 Å². The number of hydrogen-bond acceptors (Lipinski definition) is 8. The molecule has 0 aromatic carbocycles. The molecule has 7 unspecified atom stereocenters. The van der Waals surface area contributed by atoms with Crippen molar-refractivity contribution in [1.82, 2.24) is 5.32 Å². The van der Waals surface area contributed by atoms with Crippen LogP contribution in [0.15, 0.2) is 85.1 Å². The van der Waals surface area contributed by atoms with Gasteiger partial charge in [0.1, 0.15) is 24.4 Å². The van der Waals surface area contributed by atoms with Crippen molar-refractivity contribution in [1.29, 1.82) is 0 Å². The molecule has 1 amide bonds. The fourth-order valence-electron chi connectivity index (χ4n) is 12.7. The molecule has 1 heterocycles. The third-order valence-corrected chi connectivity index (χ3v) is 19.0. The SMILES string of the molecule is CC/C=C\C/C=C\C/C=C\C/C=C\C/C=C\CCCCCCCCCCCCCCCCCCCCCCCC(=O)NC(COC1OC(CO)C(O)C(O)C1O)C(O)/C=C/CC/C=C/CCCCCCCCCCCCCCCCCCCCCCCCCCCCC.